The molecule has 1 aliphatic heterocycles. The van der Waals surface area contributed by atoms with Crippen molar-refractivity contribution in [2.75, 3.05) is 19.8 Å². The zero-order valence-electron chi connectivity index (χ0n) is 14.0. The van der Waals surface area contributed by atoms with Gasteiger partial charge in [0.05, 0.1) is 12.1 Å². The van der Waals surface area contributed by atoms with Gasteiger partial charge in [0, 0.05) is 13.2 Å². The maximum absolute atomic E-state index is 12.3. The molecule has 5 nitrogen and oxygen atoms in total. The van der Waals surface area contributed by atoms with E-state index in [4.69, 9.17) is 10.5 Å². The largest absolute Gasteiger partial charge is 0.484 e. The second kappa shape index (κ2) is 8.53. The maximum Gasteiger partial charge on any atom is 0.422 e. The Morgan fingerprint density at radius 2 is 1.92 bits per heavy atom. The molecule has 1 amide bonds. The second-order valence-electron chi connectivity index (χ2n) is 6.18. The number of amides is 1. The van der Waals surface area contributed by atoms with E-state index in [0.717, 1.165) is 18.4 Å². The molecule has 1 aliphatic rings. The third-order valence-corrected chi connectivity index (χ3v) is 4.22. The van der Waals surface area contributed by atoms with Crippen LogP contribution in [0.4, 0.5) is 13.2 Å². The van der Waals surface area contributed by atoms with Gasteiger partial charge in [-0.1, -0.05) is 12.1 Å². The molecule has 1 saturated heterocycles. The van der Waals surface area contributed by atoms with Crippen molar-refractivity contribution in [2.45, 2.75) is 38.0 Å². The summed E-state index contributed by atoms with van der Waals surface area (Å²) in [7, 11) is 0. The van der Waals surface area contributed by atoms with E-state index in [9.17, 15) is 18.0 Å². The number of benzene rings is 1. The third kappa shape index (κ3) is 6.21. The van der Waals surface area contributed by atoms with Gasteiger partial charge in [0.25, 0.3) is 0 Å². The van der Waals surface area contributed by atoms with E-state index < -0.39 is 18.8 Å². The first kappa shape index (κ1) is 19.5. The Morgan fingerprint density at radius 1 is 1.32 bits per heavy atom. The van der Waals surface area contributed by atoms with E-state index in [2.05, 4.69) is 10.1 Å². The van der Waals surface area contributed by atoms with Crippen molar-refractivity contribution in [1.82, 2.24) is 5.32 Å². The van der Waals surface area contributed by atoms with Gasteiger partial charge in [-0.05, 0) is 43.4 Å². The zero-order valence-corrected chi connectivity index (χ0v) is 14.0. The molecular weight excluding hydrogens is 337 g/mol. The van der Waals surface area contributed by atoms with E-state index in [0.29, 0.717) is 13.2 Å². The molecule has 2 unspecified atom stereocenters. The van der Waals surface area contributed by atoms with Gasteiger partial charge in [0.15, 0.2) is 6.61 Å². The van der Waals surface area contributed by atoms with Crippen molar-refractivity contribution in [3.8, 4) is 5.75 Å². The summed E-state index contributed by atoms with van der Waals surface area (Å²) < 4.78 is 46.3. The van der Waals surface area contributed by atoms with Gasteiger partial charge in [-0.3, -0.25) is 4.79 Å². The van der Waals surface area contributed by atoms with Gasteiger partial charge in [-0.15, -0.1) is 0 Å². The summed E-state index contributed by atoms with van der Waals surface area (Å²) in [4.78, 5) is 12.3. The van der Waals surface area contributed by atoms with Crippen LogP contribution in [0.15, 0.2) is 24.3 Å². The second-order valence-corrected chi connectivity index (χ2v) is 6.18. The van der Waals surface area contributed by atoms with Crippen molar-refractivity contribution >= 4 is 5.91 Å². The zero-order chi connectivity index (χ0) is 18.4. The fourth-order valence-electron chi connectivity index (χ4n) is 2.70. The fraction of sp³-hybridized carbons (Fsp3) is 0.588. The average Bonchev–Trinajstić information content (AvgIpc) is 2.59. The van der Waals surface area contributed by atoms with Crippen LogP contribution in [0.25, 0.3) is 0 Å². The third-order valence-electron chi connectivity index (χ3n) is 4.22. The Bertz CT molecular complexity index is 557. The van der Waals surface area contributed by atoms with E-state index in [1.165, 1.54) is 12.1 Å². The van der Waals surface area contributed by atoms with Gasteiger partial charge >= 0.3 is 6.18 Å². The van der Waals surface area contributed by atoms with Crippen LogP contribution < -0.4 is 15.8 Å². The van der Waals surface area contributed by atoms with E-state index in [1.807, 2.05) is 0 Å². The summed E-state index contributed by atoms with van der Waals surface area (Å²) in [6.07, 6.45) is -2.86. The van der Waals surface area contributed by atoms with E-state index >= 15 is 0 Å². The monoisotopic (exact) mass is 360 g/mol. The summed E-state index contributed by atoms with van der Waals surface area (Å²) in [6, 6.07) is 5.23. The summed E-state index contributed by atoms with van der Waals surface area (Å²) in [5, 5.41) is 2.84. The van der Waals surface area contributed by atoms with Crippen LogP contribution in [0.5, 0.6) is 5.75 Å². The van der Waals surface area contributed by atoms with Gasteiger partial charge in [0.1, 0.15) is 5.75 Å². The van der Waals surface area contributed by atoms with Crippen LogP contribution in [0.1, 0.15) is 31.4 Å². The van der Waals surface area contributed by atoms with Crippen molar-refractivity contribution in [3.63, 3.8) is 0 Å². The highest BCUT2D eigenvalue weighted by molar-refractivity contribution is 5.82. The fourth-order valence-corrected chi connectivity index (χ4v) is 2.70. The molecule has 0 radical (unpaired) electrons. The number of hydrogen-bond acceptors (Lipinski definition) is 4. The molecule has 1 aromatic rings. The molecule has 1 heterocycles. The van der Waals surface area contributed by atoms with Crippen LogP contribution in [-0.4, -0.2) is 37.9 Å². The van der Waals surface area contributed by atoms with Crippen LogP contribution in [0, 0.1) is 5.92 Å². The first-order valence-corrected chi connectivity index (χ1v) is 8.19. The topological polar surface area (TPSA) is 73.6 Å². The van der Waals surface area contributed by atoms with Gasteiger partial charge in [-0.2, -0.15) is 13.2 Å². The molecule has 3 N–H and O–H groups in total. The Hall–Kier alpha value is -1.80. The smallest absolute Gasteiger partial charge is 0.422 e. The molecule has 0 saturated carbocycles. The lowest BCUT2D eigenvalue weighted by molar-refractivity contribution is -0.153. The van der Waals surface area contributed by atoms with Gasteiger partial charge < -0.3 is 20.5 Å². The Morgan fingerprint density at radius 3 is 2.48 bits per heavy atom. The molecular formula is C17H23F3N2O3. The first-order chi connectivity index (χ1) is 11.8. The number of hydrogen-bond donors (Lipinski definition) is 2. The minimum atomic E-state index is -4.37. The SMILES string of the molecule is CC(NC(=O)C(N)C1CCOCC1)c1ccc(OCC(F)(F)F)cc1. The number of alkyl halides is 3. The molecule has 0 bridgehead atoms. The molecule has 140 valence electrons. The number of carbonyl (C=O) groups is 1. The molecule has 1 aromatic carbocycles. The van der Waals surface area contributed by atoms with Crippen molar-refractivity contribution < 1.29 is 27.4 Å². The first-order valence-electron chi connectivity index (χ1n) is 8.19. The van der Waals surface area contributed by atoms with Crippen LogP contribution in [-0.2, 0) is 9.53 Å². The Labute approximate surface area is 144 Å². The van der Waals surface area contributed by atoms with Gasteiger partial charge in [0.2, 0.25) is 5.91 Å². The molecule has 25 heavy (non-hydrogen) atoms. The highest BCUT2D eigenvalue weighted by Gasteiger charge is 2.29. The number of halogens is 3. The molecule has 1 fully saturated rings. The lowest BCUT2D eigenvalue weighted by atomic mass is 9.91. The molecule has 0 aliphatic carbocycles. The standard InChI is InChI=1S/C17H23F3N2O3/c1-11(22-16(23)15(21)13-6-8-24-9-7-13)12-2-4-14(5-3-12)25-10-17(18,19)20/h2-5,11,13,15H,6-10,21H2,1H3,(H,22,23). The van der Waals surface area contributed by atoms with Crippen molar-refractivity contribution in [1.29, 1.82) is 0 Å². The van der Waals surface area contributed by atoms with Crippen LogP contribution in [0.2, 0.25) is 0 Å². The van der Waals surface area contributed by atoms with E-state index in [1.54, 1.807) is 19.1 Å². The number of ether oxygens (including phenoxy) is 2. The number of nitrogens with two attached hydrogens (primary N) is 1. The Balaban J connectivity index is 1.87. The quantitative estimate of drug-likeness (QED) is 0.818. The summed E-state index contributed by atoms with van der Waals surface area (Å²) in [5.74, 6) is -0.0191. The number of rotatable bonds is 6. The summed E-state index contributed by atoms with van der Waals surface area (Å²) >= 11 is 0. The van der Waals surface area contributed by atoms with Gasteiger partial charge in [-0.25, -0.2) is 0 Å². The predicted octanol–water partition coefficient (Wildman–Crippen LogP) is 2.56. The normalized spacial score (nSPS) is 18.4. The number of carbonyl (C=O) groups excluding carboxylic acids is 1. The molecule has 0 spiro atoms. The lowest BCUT2D eigenvalue weighted by Crippen LogP contribution is -2.47. The summed E-state index contributed by atoms with van der Waals surface area (Å²) in [6.45, 7) is 1.68. The minimum absolute atomic E-state index is 0.0964. The number of nitrogens with one attached hydrogen (secondary N) is 1. The molecule has 2 atom stereocenters. The predicted molar refractivity (Wildman–Crippen MR) is 86.1 cm³/mol. The van der Waals surface area contributed by atoms with Crippen LogP contribution in [0.3, 0.4) is 0 Å². The highest BCUT2D eigenvalue weighted by atomic mass is 19.4. The summed E-state index contributed by atoms with van der Waals surface area (Å²) in [5.41, 5.74) is 6.78. The van der Waals surface area contributed by atoms with Crippen LogP contribution >= 0.6 is 0 Å². The lowest BCUT2D eigenvalue weighted by Gasteiger charge is -2.28. The van der Waals surface area contributed by atoms with Crippen molar-refractivity contribution in [3.05, 3.63) is 29.8 Å². The average molecular weight is 360 g/mol. The molecule has 8 heteroatoms. The molecule has 0 aromatic heterocycles. The minimum Gasteiger partial charge on any atom is -0.484 e. The molecule has 2 rings (SSSR count). The highest BCUT2D eigenvalue weighted by Crippen LogP contribution is 2.22. The maximum atomic E-state index is 12.3. The van der Waals surface area contributed by atoms with Crippen molar-refractivity contribution in [2.24, 2.45) is 11.7 Å². The Kier molecular flexibility index (Phi) is 6.66. The van der Waals surface area contributed by atoms with E-state index in [-0.39, 0.29) is 23.6 Å².